The Bertz CT molecular complexity index is 364. The van der Waals surface area contributed by atoms with Crippen molar-refractivity contribution in [3.05, 3.63) is 24.3 Å². The van der Waals surface area contributed by atoms with Crippen LogP contribution in [0.15, 0.2) is 18.2 Å². The second kappa shape index (κ2) is 7.92. The van der Waals surface area contributed by atoms with Gasteiger partial charge >= 0.3 is 6.36 Å². The van der Waals surface area contributed by atoms with Gasteiger partial charge in [0, 0.05) is 0 Å². The van der Waals surface area contributed by atoms with E-state index in [1.165, 1.54) is 18.6 Å². The fourth-order valence-corrected chi connectivity index (χ4v) is 1.61. The first-order valence-electron chi connectivity index (χ1n) is 6.41. The maximum absolute atomic E-state index is 12.2. The SMILES string of the molecule is CCCCCCCOc1cc[c]cc1OC(F)(F)F. The molecule has 0 aromatic heterocycles. The summed E-state index contributed by atoms with van der Waals surface area (Å²) in [4.78, 5) is 0. The molecule has 2 nitrogen and oxygen atoms in total. The first-order valence-corrected chi connectivity index (χ1v) is 6.41. The van der Waals surface area contributed by atoms with Gasteiger partial charge in [0.05, 0.1) is 6.61 Å². The topological polar surface area (TPSA) is 18.5 Å². The molecule has 0 aliphatic heterocycles. The van der Waals surface area contributed by atoms with Crippen LogP contribution >= 0.6 is 0 Å². The molecule has 0 amide bonds. The van der Waals surface area contributed by atoms with Crippen LogP contribution in [-0.2, 0) is 0 Å². The number of benzene rings is 1. The molecule has 0 aliphatic rings. The molecule has 0 spiro atoms. The van der Waals surface area contributed by atoms with Crippen LogP contribution in [-0.4, -0.2) is 13.0 Å². The Morgan fingerprint density at radius 3 is 2.53 bits per heavy atom. The number of alkyl halides is 3. The van der Waals surface area contributed by atoms with Gasteiger partial charge in [-0.25, -0.2) is 0 Å². The minimum Gasteiger partial charge on any atom is -0.490 e. The highest BCUT2D eigenvalue weighted by Crippen LogP contribution is 2.31. The van der Waals surface area contributed by atoms with Crippen LogP contribution in [0.2, 0.25) is 0 Å². The summed E-state index contributed by atoms with van der Waals surface area (Å²) >= 11 is 0. The molecule has 0 bridgehead atoms. The minimum absolute atomic E-state index is 0.103. The average Bonchev–Trinajstić information content (AvgIpc) is 2.33. The van der Waals surface area contributed by atoms with Gasteiger partial charge in [-0.05, 0) is 24.6 Å². The lowest BCUT2D eigenvalue weighted by Crippen LogP contribution is -2.17. The van der Waals surface area contributed by atoms with Crippen LogP contribution in [0.4, 0.5) is 13.2 Å². The molecule has 0 saturated heterocycles. The summed E-state index contributed by atoms with van der Waals surface area (Å²) in [6, 6.07) is 6.58. The Morgan fingerprint density at radius 2 is 1.84 bits per heavy atom. The summed E-state index contributed by atoms with van der Waals surface area (Å²) in [5.41, 5.74) is 0. The zero-order chi connectivity index (χ0) is 14.1. The standard InChI is InChI=1S/C14H18F3O2/c1-2-3-4-5-8-11-18-12-9-6-7-10-13(12)19-14(15,16)17/h6,9-10H,2-5,8,11H2,1H3. The van der Waals surface area contributed by atoms with Gasteiger partial charge in [0.1, 0.15) is 0 Å². The summed E-state index contributed by atoms with van der Waals surface area (Å²) in [6.45, 7) is 2.51. The largest absolute Gasteiger partial charge is 0.573 e. The van der Waals surface area contributed by atoms with Crippen LogP contribution in [0.1, 0.15) is 39.0 Å². The molecule has 0 saturated carbocycles. The Balaban J connectivity index is 2.40. The Kier molecular flexibility index (Phi) is 6.53. The van der Waals surface area contributed by atoms with Gasteiger partial charge in [0.2, 0.25) is 0 Å². The zero-order valence-electron chi connectivity index (χ0n) is 10.9. The van der Waals surface area contributed by atoms with Crippen molar-refractivity contribution < 1.29 is 22.6 Å². The summed E-state index contributed by atoms with van der Waals surface area (Å²) in [5, 5.41) is 0. The second-order valence-corrected chi connectivity index (χ2v) is 4.18. The average molecular weight is 275 g/mol. The van der Waals surface area contributed by atoms with E-state index in [0.717, 1.165) is 31.7 Å². The fraction of sp³-hybridized carbons (Fsp3) is 0.571. The number of ether oxygens (including phenoxy) is 2. The van der Waals surface area contributed by atoms with E-state index in [1.54, 1.807) is 0 Å². The third kappa shape index (κ3) is 6.94. The Hall–Kier alpha value is -1.39. The molecule has 1 rings (SSSR count). The van der Waals surface area contributed by atoms with Crippen molar-refractivity contribution in [2.24, 2.45) is 0 Å². The van der Waals surface area contributed by atoms with Gasteiger partial charge in [-0.3, -0.25) is 0 Å². The van der Waals surface area contributed by atoms with Crippen molar-refractivity contribution in [3.8, 4) is 11.5 Å². The van der Waals surface area contributed by atoms with Crippen molar-refractivity contribution in [1.29, 1.82) is 0 Å². The van der Waals surface area contributed by atoms with Crippen molar-refractivity contribution >= 4 is 0 Å². The molecule has 19 heavy (non-hydrogen) atoms. The molecule has 0 fully saturated rings. The summed E-state index contributed by atoms with van der Waals surface area (Å²) in [6.07, 6.45) is 0.566. The Morgan fingerprint density at radius 1 is 1.11 bits per heavy atom. The number of hydrogen-bond acceptors (Lipinski definition) is 2. The predicted molar refractivity (Wildman–Crippen MR) is 66.2 cm³/mol. The van der Waals surface area contributed by atoms with Gasteiger partial charge in [-0.15, -0.1) is 13.2 Å². The van der Waals surface area contributed by atoms with Gasteiger partial charge in [-0.2, -0.15) is 0 Å². The van der Waals surface area contributed by atoms with Gasteiger partial charge in [0.15, 0.2) is 11.5 Å². The van der Waals surface area contributed by atoms with E-state index in [4.69, 9.17) is 4.74 Å². The van der Waals surface area contributed by atoms with Crippen molar-refractivity contribution in [2.45, 2.75) is 45.4 Å². The maximum Gasteiger partial charge on any atom is 0.573 e. The summed E-state index contributed by atoms with van der Waals surface area (Å²) < 4.78 is 45.7. The molecule has 0 unspecified atom stereocenters. The van der Waals surface area contributed by atoms with Crippen LogP contribution in [0.25, 0.3) is 0 Å². The third-order valence-corrected chi connectivity index (χ3v) is 2.52. The van der Waals surface area contributed by atoms with E-state index in [1.807, 2.05) is 0 Å². The molecule has 0 atom stereocenters. The molecule has 0 aliphatic carbocycles. The van der Waals surface area contributed by atoms with Crippen LogP contribution in [0.3, 0.4) is 0 Å². The molecular weight excluding hydrogens is 257 g/mol. The highest BCUT2D eigenvalue weighted by molar-refractivity contribution is 5.39. The number of hydrogen-bond donors (Lipinski definition) is 0. The highest BCUT2D eigenvalue weighted by Gasteiger charge is 2.32. The Labute approximate surface area is 111 Å². The van der Waals surface area contributed by atoms with Gasteiger partial charge in [-0.1, -0.05) is 38.7 Å². The quantitative estimate of drug-likeness (QED) is 0.638. The molecule has 1 radical (unpaired) electrons. The normalized spacial score (nSPS) is 11.4. The first-order chi connectivity index (χ1) is 9.03. The van der Waals surface area contributed by atoms with E-state index in [9.17, 15) is 13.2 Å². The molecule has 1 aromatic rings. The smallest absolute Gasteiger partial charge is 0.490 e. The lowest BCUT2D eigenvalue weighted by atomic mass is 10.2. The van der Waals surface area contributed by atoms with Gasteiger partial charge < -0.3 is 9.47 Å². The molecule has 1 aromatic carbocycles. The van der Waals surface area contributed by atoms with E-state index in [0.29, 0.717) is 6.61 Å². The molecule has 0 heterocycles. The lowest BCUT2D eigenvalue weighted by Gasteiger charge is -2.13. The molecule has 0 N–H and O–H groups in total. The van der Waals surface area contributed by atoms with E-state index in [2.05, 4.69) is 17.7 Å². The zero-order valence-corrected chi connectivity index (χ0v) is 10.9. The summed E-state index contributed by atoms with van der Waals surface area (Å²) in [7, 11) is 0. The van der Waals surface area contributed by atoms with Crippen LogP contribution in [0.5, 0.6) is 11.5 Å². The number of rotatable bonds is 8. The molecule has 5 heteroatoms. The van der Waals surface area contributed by atoms with Gasteiger partial charge in [0.25, 0.3) is 0 Å². The highest BCUT2D eigenvalue weighted by atomic mass is 19.4. The van der Waals surface area contributed by atoms with E-state index in [-0.39, 0.29) is 11.5 Å². The third-order valence-electron chi connectivity index (χ3n) is 2.52. The van der Waals surface area contributed by atoms with E-state index >= 15 is 0 Å². The van der Waals surface area contributed by atoms with E-state index < -0.39 is 6.36 Å². The number of unbranched alkanes of at least 4 members (excludes halogenated alkanes) is 4. The monoisotopic (exact) mass is 275 g/mol. The molecular formula is C14H18F3O2. The van der Waals surface area contributed by atoms with Crippen LogP contribution in [0, 0.1) is 6.07 Å². The summed E-state index contributed by atoms with van der Waals surface area (Å²) in [5.74, 6) is -0.241. The minimum atomic E-state index is -4.71. The van der Waals surface area contributed by atoms with Crippen LogP contribution < -0.4 is 9.47 Å². The molecule has 107 valence electrons. The van der Waals surface area contributed by atoms with Crippen molar-refractivity contribution in [2.75, 3.05) is 6.61 Å². The number of halogens is 3. The first kappa shape index (κ1) is 15.7. The lowest BCUT2D eigenvalue weighted by molar-refractivity contribution is -0.275. The maximum atomic E-state index is 12.2. The van der Waals surface area contributed by atoms with Crippen molar-refractivity contribution in [1.82, 2.24) is 0 Å². The van der Waals surface area contributed by atoms with Crippen molar-refractivity contribution in [3.63, 3.8) is 0 Å². The fourth-order valence-electron chi connectivity index (χ4n) is 1.61. The second-order valence-electron chi connectivity index (χ2n) is 4.18. The predicted octanol–water partition coefficient (Wildman–Crippen LogP) is 4.73.